The molecule has 1 N–H and O–H groups in total. The molecule has 208 valence electrons. The molecule has 0 radical (unpaired) electrons. The van der Waals surface area contributed by atoms with Crippen molar-refractivity contribution in [2.75, 3.05) is 31.5 Å². The summed E-state index contributed by atoms with van der Waals surface area (Å²) in [5, 5.41) is 2.99. The van der Waals surface area contributed by atoms with Crippen molar-refractivity contribution >= 4 is 27.7 Å². The molecule has 0 spiro atoms. The molecule has 0 saturated heterocycles. The number of hydrogen-bond acceptors (Lipinski definition) is 4. The Kier molecular flexibility index (Phi) is 11.1. The molecule has 0 bridgehead atoms. The van der Waals surface area contributed by atoms with Gasteiger partial charge in [0.2, 0.25) is 11.8 Å². The molecule has 3 aromatic rings. The lowest BCUT2D eigenvalue weighted by atomic mass is 10.0. The lowest BCUT2D eigenvalue weighted by Crippen LogP contribution is -2.54. The van der Waals surface area contributed by atoms with Crippen LogP contribution in [-0.2, 0) is 32.8 Å². The maximum atomic E-state index is 14.1. The third-order valence-corrected chi connectivity index (χ3v) is 8.18. The number of carbonyl (C=O) groups is 2. The Balaban J connectivity index is 2.03. The Labute approximate surface area is 232 Å². The average Bonchev–Trinajstić information content (AvgIpc) is 2.95. The molecular formula is C30H38N4O4S. The van der Waals surface area contributed by atoms with E-state index < -0.39 is 28.7 Å². The van der Waals surface area contributed by atoms with Gasteiger partial charge in [-0.3, -0.25) is 9.59 Å². The van der Waals surface area contributed by atoms with Gasteiger partial charge in [0.15, 0.2) is 0 Å². The molecular weight excluding hydrogens is 512 g/mol. The summed E-state index contributed by atoms with van der Waals surface area (Å²) in [7, 11) is -1.14. The number of hydrogen-bond donors (Lipinski definition) is 1. The van der Waals surface area contributed by atoms with Crippen LogP contribution in [0.2, 0.25) is 0 Å². The summed E-state index contributed by atoms with van der Waals surface area (Å²) in [6.45, 7) is 2.25. The third kappa shape index (κ3) is 8.40. The van der Waals surface area contributed by atoms with Crippen LogP contribution in [0.3, 0.4) is 0 Å². The highest BCUT2D eigenvalue weighted by Crippen LogP contribution is 2.21. The number of carbonyl (C=O) groups excluding carboxylic acids is 2. The van der Waals surface area contributed by atoms with Crippen molar-refractivity contribution in [2.24, 2.45) is 0 Å². The van der Waals surface area contributed by atoms with Gasteiger partial charge >= 0.3 is 10.2 Å². The molecule has 3 aromatic carbocycles. The summed E-state index contributed by atoms with van der Waals surface area (Å²) >= 11 is 0. The summed E-state index contributed by atoms with van der Waals surface area (Å²) in [4.78, 5) is 29.2. The van der Waals surface area contributed by atoms with Crippen LogP contribution in [0.15, 0.2) is 91.0 Å². The molecule has 0 saturated carbocycles. The highest BCUT2D eigenvalue weighted by Gasteiger charge is 2.34. The molecule has 3 rings (SSSR count). The minimum atomic E-state index is -4.00. The normalized spacial score (nSPS) is 12.1. The summed E-state index contributed by atoms with van der Waals surface area (Å²) in [6, 6.07) is 26.6. The first-order valence-electron chi connectivity index (χ1n) is 13.1. The second-order valence-electron chi connectivity index (χ2n) is 9.49. The molecule has 0 unspecified atom stereocenters. The third-order valence-electron chi connectivity index (χ3n) is 6.36. The van der Waals surface area contributed by atoms with E-state index in [1.54, 1.807) is 30.3 Å². The zero-order valence-corrected chi connectivity index (χ0v) is 23.7. The predicted molar refractivity (Wildman–Crippen MR) is 155 cm³/mol. The number of unbranched alkanes of at least 4 members (excludes halogenated alkanes) is 1. The second-order valence-corrected chi connectivity index (χ2v) is 11.6. The smallest absolute Gasteiger partial charge is 0.304 e. The van der Waals surface area contributed by atoms with Crippen molar-refractivity contribution in [1.29, 1.82) is 0 Å². The van der Waals surface area contributed by atoms with Crippen LogP contribution in [0.5, 0.6) is 0 Å². The number of nitrogens with zero attached hydrogens (tertiary/aromatic N) is 3. The van der Waals surface area contributed by atoms with E-state index in [1.807, 2.05) is 67.6 Å². The number of benzene rings is 3. The van der Waals surface area contributed by atoms with Gasteiger partial charge < -0.3 is 10.2 Å². The Morgan fingerprint density at radius 2 is 1.36 bits per heavy atom. The molecule has 0 aliphatic heterocycles. The SMILES string of the molecule is CCCCNC(=O)[C@@H](Cc1ccccc1)N(Cc1ccccc1)C(=O)CN(c1ccccc1)S(=O)(=O)N(C)C. The number of anilines is 1. The molecule has 2 amide bonds. The molecule has 0 heterocycles. The van der Waals surface area contributed by atoms with Crippen molar-refractivity contribution in [3.8, 4) is 0 Å². The van der Waals surface area contributed by atoms with Crippen LogP contribution in [-0.4, -0.2) is 62.7 Å². The molecule has 0 aliphatic rings. The van der Waals surface area contributed by atoms with Crippen molar-refractivity contribution in [1.82, 2.24) is 14.5 Å². The topological polar surface area (TPSA) is 90.0 Å². The Morgan fingerprint density at radius 3 is 1.90 bits per heavy atom. The van der Waals surface area contributed by atoms with Crippen LogP contribution < -0.4 is 9.62 Å². The molecule has 8 nitrogen and oxygen atoms in total. The van der Waals surface area contributed by atoms with E-state index in [-0.39, 0.29) is 12.5 Å². The maximum Gasteiger partial charge on any atom is 0.304 e. The van der Waals surface area contributed by atoms with Gasteiger partial charge in [-0.2, -0.15) is 12.7 Å². The highest BCUT2D eigenvalue weighted by molar-refractivity contribution is 7.90. The minimum Gasteiger partial charge on any atom is -0.354 e. The van der Waals surface area contributed by atoms with Crippen LogP contribution in [0.25, 0.3) is 0 Å². The number of rotatable bonds is 14. The zero-order valence-electron chi connectivity index (χ0n) is 22.9. The van der Waals surface area contributed by atoms with Gasteiger partial charge in [0.1, 0.15) is 12.6 Å². The summed E-state index contributed by atoms with van der Waals surface area (Å²) in [5.41, 5.74) is 2.11. The van der Waals surface area contributed by atoms with Gasteiger partial charge in [-0.25, -0.2) is 4.31 Å². The number of amides is 2. The van der Waals surface area contributed by atoms with Crippen LogP contribution in [0.4, 0.5) is 5.69 Å². The van der Waals surface area contributed by atoms with E-state index >= 15 is 0 Å². The molecule has 39 heavy (non-hydrogen) atoms. The standard InChI is InChI=1S/C30H38N4O4S/c1-4-5-21-31-30(36)28(22-25-15-9-6-10-16-25)33(23-26-17-11-7-12-18-26)29(35)24-34(39(37,38)32(2)3)27-19-13-8-14-20-27/h6-20,28H,4-5,21-24H2,1-3H3,(H,31,36)/t28-/m1/s1. The van der Waals surface area contributed by atoms with Crippen molar-refractivity contribution in [3.63, 3.8) is 0 Å². The second kappa shape index (κ2) is 14.5. The highest BCUT2D eigenvalue weighted by atomic mass is 32.2. The first kappa shape index (κ1) is 29.9. The Hall–Kier alpha value is -3.69. The van der Waals surface area contributed by atoms with Crippen LogP contribution in [0.1, 0.15) is 30.9 Å². The van der Waals surface area contributed by atoms with Crippen molar-refractivity contribution < 1.29 is 18.0 Å². The zero-order chi connectivity index (χ0) is 28.3. The van der Waals surface area contributed by atoms with Gasteiger partial charge in [0.05, 0.1) is 5.69 Å². The van der Waals surface area contributed by atoms with Gasteiger partial charge in [-0.1, -0.05) is 92.2 Å². The van der Waals surface area contributed by atoms with E-state index in [2.05, 4.69) is 5.32 Å². The monoisotopic (exact) mass is 550 g/mol. The Morgan fingerprint density at radius 1 is 0.821 bits per heavy atom. The fourth-order valence-electron chi connectivity index (χ4n) is 4.15. The fourth-order valence-corrected chi connectivity index (χ4v) is 5.21. The van der Waals surface area contributed by atoms with Crippen molar-refractivity contribution in [2.45, 2.75) is 38.8 Å². The van der Waals surface area contributed by atoms with E-state index in [9.17, 15) is 18.0 Å². The average molecular weight is 551 g/mol. The lowest BCUT2D eigenvalue weighted by Gasteiger charge is -2.34. The van der Waals surface area contributed by atoms with Gasteiger partial charge in [-0.15, -0.1) is 0 Å². The summed E-state index contributed by atoms with van der Waals surface area (Å²) in [5.74, 6) is -0.738. The lowest BCUT2D eigenvalue weighted by molar-refractivity contribution is -0.140. The molecule has 0 fully saturated rings. The predicted octanol–water partition coefficient (Wildman–Crippen LogP) is 3.86. The van der Waals surface area contributed by atoms with E-state index in [0.717, 1.165) is 32.6 Å². The molecule has 9 heteroatoms. The number of nitrogens with one attached hydrogen (secondary N) is 1. The minimum absolute atomic E-state index is 0.156. The first-order valence-corrected chi connectivity index (χ1v) is 14.5. The summed E-state index contributed by atoms with van der Waals surface area (Å²) < 4.78 is 28.8. The molecule has 1 atom stereocenters. The van der Waals surface area contributed by atoms with E-state index in [1.165, 1.54) is 19.0 Å². The molecule has 0 aliphatic carbocycles. The quantitative estimate of drug-likeness (QED) is 0.309. The Bertz CT molecular complexity index is 1290. The first-order chi connectivity index (χ1) is 18.7. The fraction of sp³-hybridized carbons (Fsp3) is 0.333. The maximum absolute atomic E-state index is 14.1. The van der Waals surface area contributed by atoms with Gasteiger partial charge in [-0.05, 0) is 29.7 Å². The largest absolute Gasteiger partial charge is 0.354 e. The van der Waals surface area contributed by atoms with E-state index in [4.69, 9.17) is 0 Å². The van der Waals surface area contributed by atoms with Crippen LogP contribution in [0, 0.1) is 0 Å². The van der Waals surface area contributed by atoms with Gasteiger partial charge in [0.25, 0.3) is 0 Å². The van der Waals surface area contributed by atoms with E-state index in [0.29, 0.717) is 18.7 Å². The molecule has 0 aromatic heterocycles. The van der Waals surface area contributed by atoms with Gasteiger partial charge in [0, 0.05) is 33.6 Å². The number of para-hydroxylation sites is 1. The summed E-state index contributed by atoms with van der Waals surface area (Å²) in [6.07, 6.45) is 2.03. The van der Waals surface area contributed by atoms with Crippen LogP contribution >= 0.6 is 0 Å². The van der Waals surface area contributed by atoms with Crippen molar-refractivity contribution in [3.05, 3.63) is 102 Å².